The number of hydrogen-bond donors (Lipinski definition) is 0. The van der Waals surface area contributed by atoms with Crippen LogP contribution in [0, 0.1) is 0 Å². The van der Waals surface area contributed by atoms with Crippen molar-refractivity contribution in [2.45, 2.75) is 76.4 Å². The third-order valence-electron chi connectivity index (χ3n) is 8.68. The first-order valence-corrected chi connectivity index (χ1v) is 14.2. The highest BCUT2D eigenvalue weighted by Gasteiger charge is 2.33. The lowest BCUT2D eigenvalue weighted by Gasteiger charge is -2.38. The van der Waals surface area contributed by atoms with Gasteiger partial charge in [-0.05, 0) is 112 Å². The van der Waals surface area contributed by atoms with Gasteiger partial charge in [0.25, 0.3) is 11.8 Å². The second kappa shape index (κ2) is 10.7. The molecule has 4 aliphatic heterocycles. The number of amides is 2. The lowest BCUT2D eigenvalue weighted by atomic mass is 10.0. The summed E-state index contributed by atoms with van der Waals surface area (Å²) in [6.45, 7) is 9.24. The SMILES string of the molecule is CC1CCCN1C1CCN(C(=O)c2ccc(C(=O)N3CCC(N4CCCC4)CC3)c(Br)c2)CC1. The number of benzene rings is 1. The van der Waals surface area contributed by atoms with Crippen molar-refractivity contribution in [3.8, 4) is 0 Å². The predicted molar refractivity (Wildman–Crippen MR) is 138 cm³/mol. The number of piperidine rings is 2. The van der Waals surface area contributed by atoms with E-state index in [1.165, 1.54) is 45.3 Å². The quantitative estimate of drug-likeness (QED) is 0.584. The third-order valence-corrected chi connectivity index (χ3v) is 9.34. The molecule has 0 aromatic heterocycles. The van der Waals surface area contributed by atoms with Gasteiger partial charge in [0.05, 0.1) is 5.56 Å². The van der Waals surface area contributed by atoms with Crippen molar-refractivity contribution in [1.82, 2.24) is 19.6 Å². The van der Waals surface area contributed by atoms with Crippen LogP contribution in [0.25, 0.3) is 0 Å². The summed E-state index contributed by atoms with van der Waals surface area (Å²) in [6, 6.07) is 7.45. The lowest BCUT2D eigenvalue weighted by molar-refractivity contribution is 0.0607. The molecule has 1 aromatic carbocycles. The molecule has 0 N–H and O–H groups in total. The average molecular weight is 532 g/mol. The van der Waals surface area contributed by atoms with Crippen molar-refractivity contribution in [3.05, 3.63) is 33.8 Å². The zero-order valence-corrected chi connectivity index (χ0v) is 22.1. The van der Waals surface area contributed by atoms with Gasteiger partial charge in [0.1, 0.15) is 0 Å². The van der Waals surface area contributed by atoms with E-state index < -0.39 is 0 Å². The van der Waals surface area contributed by atoms with Gasteiger partial charge >= 0.3 is 0 Å². The topological polar surface area (TPSA) is 47.1 Å². The fraction of sp³-hybridized carbons (Fsp3) is 0.704. The normalized spacial score (nSPS) is 25.9. The molecule has 2 amide bonds. The van der Waals surface area contributed by atoms with E-state index in [0.29, 0.717) is 29.3 Å². The first-order chi connectivity index (χ1) is 16.5. The Balaban J connectivity index is 1.16. The molecule has 4 fully saturated rings. The third kappa shape index (κ3) is 5.07. The molecule has 0 aliphatic carbocycles. The van der Waals surface area contributed by atoms with Gasteiger partial charge in [0, 0.05) is 54.3 Å². The Morgan fingerprint density at radius 3 is 1.97 bits per heavy atom. The molecule has 0 saturated carbocycles. The van der Waals surface area contributed by atoms with Crippen LogP contribution in [0.5, 0.6) is 0 Å². The average Bonchev–Trinajstić information content (AvgIpc) is 3.55. The molecule has 1 aromatic rings. The standard InChI is InChI=1S/C27H39BrN4O2/c1-20-5-4-14-32(20)23-10-17-30(18-11-23)26(33)21-6-7-24(25(28)19-21)27(34)31-15-8-22(9-16-31)29-12-2-3-13-29/h6-7,19-20,22-23H,2-5,8-18H2,1H3. The number of carbonyl (C=O) groups is 2. The number of carbonyl (C=O) groups excluding carboxylic acids is 2. The van der Waals surface area contributed by atoms with Gasteiger partial charge in [-0.2, -0.15) is 0 Å². The first-order valence-electron chi connectivity index (χ1n) is 13.4. The molecule has 1 unspecified atom stereocenters. The first kappa shape index (κ1) is 24.3. The highest BCUT2D eigenvalue weighted by atomic mass is 79.9. The Morgan fingerprint density at radius 1 is 0.765 bits per heavy atom. The van der Waals surface area contributed by atoms with Crippen LogP contribution in [0.2, 0.25) is 0 Å². The van der Waals surface area contributed by atoms with Crippen molar-refractivity contribution >= 4 is 27.7 Å². The Bertz CT molecular complexity index is 887. The van der Waals surface area contributed by atoms with Gasteiger partial charge in [0.2, 0.25) is 0 Å². The van der Waals surface area contributed by atoms with Gasteiger partial charge in [0.15, 0.2) is 0 Å². The number of nitrogens with zero attached hydrogens (tertiary/aromatic N) is 4. The fourth-order valence-corrected chi connectivity index (χ4v) is 7.16. The van der Waals surface area contributed by atoms with Crippen LogP contribution >= 0.6 is 15.9 Å². The van der Waals surface area contributed by atoms with Gasteiger partial charge < -0.3 is 14.7 Å². The van der Waals surface area contributed by atoms with Crippen LogP contribution in [0.4, 0.5) is 0 Å². The molecular weight excluding hydrogens is 492 g/mol. The van der Waals surface area contributed by atoms with Gasteiger partial charge in [-0.3, -0.25) is 14.5 Å². The molecule has 5 rings (SSSR count). The van der Waals surface area contributed by atoms with Crippen molar-refractivity contribution in [1.29, 1.82) is 0 Å². The summed E-state index contributed by atoms with van der Waals surface area (Å²) in [6.07, 6.45) is 9.46. The van der Waals surface area contributed by atoms with Gasteiger partial charge in [-0.15, -0.1) is 0 Å². The Morgan fingerprint density at radius 2 is 1.38 bits per heavy atom. The maximum absolute atomic E-state index is 13.2. The van der Waals surface area contributed by atoms with Crippen molar-refractivity contribution in [2.24, 2.45) is 0 Å². The Hall–Kier alpha value is -1.44. The molecule has 34 heavy (non-hydrogen) atoms. The molecule has 4 saturated heterocycles. The number of halogens is 1. The lowest BCUT2D eigenvalue weighted by Crippen LogP contribution is -2.47. The largest absolute Gasteiger partial charge is 0.339 e. The summed E-state index contributed by atoms with van der Waals surface area (Å²) in [5.74, 6) is 0.158. The van der Waals surface area contributed by atoms with E-state index in [2.05, 4.69) is 32.7 Å². The molecule has 7 heteroatoms. The highest BCUT2D eigenvalue weighted by molar-refractivity contribution is 9.10. The molecule has 0 bridgehead atoms. The zero-order valence-electron chi connectivity index (χ0n) is 20.6. The molecule has 186 valence electrons. The zero-order chi connectivity index (χ0) is 23.7. The summed E-state index contributed by atoms with van der Waals surface area (Å²) >= 11 is 3.60. The number of rotatable bonds is 4. The van der Waals surface area contributed by atoms with Crippen LogP contribution in [0.15, 0.2) is 22.7 Å². The van der Waals surface area contributed by atoms with Crippen molar-refractivity contribution in [2.75, 3.05) is 45.8 Å². The molecule has 4 heterocycles. The van der Waals surface area contributed by atoms with E-state index in [0.717, 1.165) is 56.3 Å². The van der Waals surface area contributed by atoms with Crippen LogP contribution in [-0.4, -0.2) is 95.4 Å². The van der Waals surface area contributed by atoms with E-state index in [-0.39, 0.29) is 11.8 Å². The summed E-state index contributed by atoms with van der Waals surface area (Å²) in [5.41, 5.74) is 1.34. The second-order valence-electron chi connectivity index (χ2n) is 10.7. The summed E-state index contributed by atoms with van der Waals surface area (Å²) in [5, 5.41) is 0. The Labute approximate surface area is 212 Å². The molecule has 6 nitrogen and oxygen atoms in total. The minimum Gasteiger partial charge on any atom is -0.339 e. The van der Waals surface area contributed by atoms with Crippen LogP contribution in [0.1, 0.15) is 79.0 Å². The minimum absolute atomic E-state index is 0.0753. The summed E-state index contributed by atoms with van der Waals surface area (Å²) < 4.78 is 0.728. The Kier molecular flexibility index (Phi) is 7.61. The van der Waals surface area contributed by atoms with Gasteiger partial charge in [-0.1, -0.05) is 0 Å². The van der Waals surface area contributed by atoms with Crippen LogP contribution in [-0.2, 0) is 0 Å². The molecule has 0 radical (unpaired) electrons. The van der Waals surface area contributed by atoms with E-state index in [4.69, 9.17) is 0 Å². The van der Waals surface area contributed by atoms with Gasteiger partial charge in [-0.25, -0.2) is 0 Å². The van der Waals surface area contributed by atoms with E-state index in [1.807, 2.05) is 28.0 Å². The highest BCUT2D eigenvalue weighted by Crippen LogP contribution is 2.28. The maximum atomic E-state index is 13.2. The van der Waals surface area contributed by atoms with E-state index in [9.17, 15) is 9.59 Å². The molecule has 1 atom stereocenters. The molecule has 0 spiro atoms. The summed E-state index contributed by atoms with van der Waals surface area (Å²) in [4.78, 5) is 35.6. The number of likely N-dealkylation sites (tertiary alicyclic amines) is 4. The van der Waals surface area contributed by atoms with Crippen LogP contribution in [0.3, 0.4) is 0 Å². The number of hydrogen-bond acceptors (Lipinski definition) is 4. The maximum Gasteiger partial charge on any atom is 0.254 e. The minimum atomic E-state index is 0.0753. The van der Waals surface area contributed by atoms with E-state index >= 15 is 0 Å². The summed E-state index contributed by atoms with van der Waals surface area (Å²) in [7, 11) is 0. The second-order valence-corrected chi connectivity index (χ2v) is 11.6. The van der Waals surface area contributed by atoms with E-state index in [1.54, 1.807) is 0 Å². The van der Waals surface area contributed by atoms with Crippen LogP contribution < -0.4 is 0 Å². The fourth-order valence-electron chi connectivity index (χ4n) is 6.61. The molecular formula is C27H39BrN4O2. The smallest absolute Gasteiger partial charge is 0.254 e. The van der Waals surface area contributed by atoms with Crippen molar-refractivity contribution < 1.29 is 9.59 Å². The van der Waals surface area contributed by atoms with Crippen molar-refractivity contribution in [3.63, 3.8) is 0 Å². The molecule has 4 aliphatic rings. The predicted octanol–water partition coefficient (Wildman–Crippen LogP) is 4.24. The monoisotopic (exact) mass is 530 g/mol.